The first kappa shape index (κ1) is 25.7. The fourth-order valence-electron chi connectivity index (χ4n) is 4.22. The van der Waals surface area contributed by atoms with E-state index in [-0.39, 0.29) is 17.8 Å². The Bertz CT molecular complexity index is 1290. The summed E-state index contributed by atoms with van der Waals surface area (Å²) in [6.07, 6.45) is 1.65. The van der Waals surface area contributed by atoms with Gasteiger partial charge in [0, 0.05) is 18.7 Å². The third-order valence-electron chi connectivity index (χ3n) is 6.19. The van der Waals surface area contributed by atoms with Crippen LogP contribution < -0.4 is 20.2 Å². The first-order valence-electron chi connectivity index (χ1n) is 12.0. The van der Waals surface area contributed by atoms with E-state index in [1.807, 2.05) is 31.2 Å². The smallest absolute Gasteiger partial charge is 0.335 e. The summed E-state index contributed by atoms with van der Waals surface area (Å²) in [5, 5.41) is 16.3. The average Bonchev–Trinajstić information content (AvgIpc) is 3.35. The number of urea groups is 1. The van der Waals surface area contributed by atoms with Crippen molar-refractivity contribution in [2.75, 3.05) is 24.3 Å². The number of nitrogens with one attached hydrogen (secondary N) is 2. The SMILES string of the molecule is COc1cc(CC(=O)[C@@H]2CCCN2Oc2ccc(C(=O)O)cc2)ccc1NC(=O)Nc1ccccc1C. The average molecular weight is 504 g/mol. The maximum Gasteiger partial charge on any atom is 0.335 e. The number of hydrogen-bond acceptors (Lipinski definition) is 6. The molecular weight excluding hydrogens is 474 g/mol. The molecule has 1 aliphatic heterocycles. The van der Waals surface area contributed by atoms with Crippen LogP contribution in [0.5, 0.6) is 11.5 Å². The Labute approximate surface area is 215 Å². The highest BCUT2D eigenvalue weighted by atomic mass is 16.7. The van der Waals surface area contributed by atoms with E-state index in [0.717, 1.165) is 17.5 Å². The molecule has 9 heteroatoms. The summed E-state index contributed by atoms with van der Waals surface area (Å²) < 4.78 is 5.46. The number of Topliss-reactive ketones (excluding diaryl/α,β-unsaturated/α-hetero) is 1. The Hall–Kier alpha value is -4.37. The lowest BCUT2D eigenvalue weighted by atomic mass is 10.0. The molecule has 0 spiro atoms. The minimum absolute atomic E-state index is 0.000265. The number of rotatable bonds is 9. The number of aromatic carboxylic acids is 1. The minimum atomic E-state index is -1.01. The second-order valence-electron chi connectivity index (χ2n) is 8.79. The van der Waals surface area contributed by atoms with Crippen molar-refractivity contribution in [2.24, 2.45) is 0 Å². The number of carbonyl (C=O) groups excluding carboxylic acids is 2. The van der Waals surface area contributed by atoms with Crippen molar-refractivity contribution >= 4 is 29.2 Å². The molecule has 0 aromatic heterocycles. The van der Waals surface area contributed by atoms with Gasteiger partial charge in [0.1, 0.15) is 17.5 Å². The number of hydroxylamine groups is 2. The Balaban J connectivity index is 1.38. The molecule has 0 saturated carbocycles. The molecule has 1 atom stereocenters. The largest absolute Gasteiger partial charge is 0.495 e. The van der Waals surface area contributed by atoms with Crippen molar-refractivity contribution in [2.45, 2.75) is 32.2 Å². The molecule has 0 unspecified atom stereocenters. The second-order valence-corrected chi connectivity index (χ2v) is 8.79. The zero-order valence-corrected chi connectivity index (χ0v) is 20.7. The van der Waals surface area contributed by atoms with Gasteiger partial charge in [-0.15, -0.1) is 5.06 Å². The van der Waals surface area contributed by atoms with Gasteiger partial charge in [0.05, 0.1) is 18.4 Å². The predicted molar refractivity (Wildman–Crippen MR) is 139 cm³/mol. The van der Waals surface area contributed by atoms with Crippen molar-refractivity contribution in [3.8, 4) is 11.5 Å². The van der Waals surface area contributed by atoms with Crippen LogP contribution in [0.1, 0.15) is 34.3 Å². The van der Waals surface area contributed by atoms with Crippen molar-refractivity contribution in [3.63, 3.8) is 0 Å². The molecule has 9 nitrogen and oxygen atoms in total. The molecule has 0 radical (unpaired) electrons. The number of carbonyl (C=O) groups is 3. The van der Waals surface area contributed by atoms with E-state index >= 15 is 0 Å². The number of anilines is 2. The summed E-state index contributed by atoms with van der Waals surface area (Å²) >= 11 is 0. The number of ketones is 1. The van der Waals surface area contributed by atoms with E-state index in [9.17, 15) is 14.4 Å². The van der Waals surface area contributed by atoms with Crippen LogP contribution in [-0.4, -0.2) is 47.6 Å². The molecule has 3 aromatic carbocycles. The lowest BCUT2D eigenvalue weighted by Crippen LogP contribution is -2.39. The zero-order valence-electron chi connectivity index (χ0n) is 20.7. The van der Waals surface area contributed by atoms with E-state index in [1.165, 1.54) is 19.2 Å². The number of carboxylic acids is 1. The summed E-state index contributed by atoms with van der Waals surface area (Å²) in [4.78, 5) is 42.6. The lowest BCUT2D eigenvalue weighted by molar-refractivity contribution is -0.135. The maximum atomic E-state index is 13.1. The van der Waals surface area contributed by atoms with E-state index in [0.29, 0.717) is 35.8 Å². The number of benzene rings is 3. The van der Waals surface area contributed by atoms with Crippen LogP contribution >= 0.6 is 0 Å². The summed E-state index contributed by atoms with van der Waals surface area (Å²) in [6, 6.07) is 18.0. The minimum Gasteiger partial charge on any atom is -0.495 e. The zero-order chi connectivity index (χ0) is 26.4. The molecule has 37 heavy (non-hydrogen) atoms. The fraction of sp³-hybridized carbons (Fsp3) is 0.250. The monoisotopic (exact) mass is 503 g/mol. The predicted octanol–water partition coefficient (Wildman–Crippen LogP) is 4.92. The molecule has 4 rings (SSSR count). The standard InChI is InChI=1S/C28H29N3O6/c1-18-6-3-4-7-22(18)29-28(35)30-23-14-9-19(17-26(23)36-2)16-25(32)24-8-5-15-31(24)37-21-12-10-20(11-13-21)27(33)34/h3-4,6-7,9-14,17,24H,5,8,15-16H2,1-2H3,(H,33,34)(H2,29,30,35)/t24-/m0/s1. The van der Waals surface area contributed by atoms with Crippen LogP contribution in [0.2, 0.25) is 0 Å². The summed E-state index contributed by atoms with van der Waals surface area (Å²) in [7, 11) is 1.51. The summed E-state index contributed by atoms with van der Waals surface area (Å²) in [5.74, 6) is -0.0851. The maximum absolute atomic E-state index is 13.1. The van der Waals surface area contributed by atoms with Gasteiger partial charge < -0.3 is 25.3 Å². The molecule has 0 aliphatic carbocycles. The van der Waals surface area contributed by atoms with Crippen LogP contribution in [0.15, 0.2) is 66.7 Å². The second kappa shape index (κ2) is 11.6. The highest BCUT2D eigenvalue weighted by Gasteiger charge is 2.32. The van der Waals surface area contributed by atoms with E-state index in [1.54, 1.807) is 35.4 Å². The highest BCUT2D eigenvalue weighted by Crippen LogP contribution is 2.28. The first-order valence-corrected chi connectivity index (χ1v) is 12.0. The molecule has 1 heterocycles. The number of ether oxygens (including phenoxy) is 1. The third kappa shape index (κ3) is 6.45. The summed E-state index contributed by atoms with van der Waals surface area (Å²) in [6.45, 7) is 2.51. The Morgan fingerprint density at radius 1 is 1.00 bits per heavy atom. The summed E-state index contributed by atoms with van der Waals surface area (Å²) in [5.41, 5.74) is 3.06. The number of para-hydroxylation sites is 1. The Morgan fingerprint density at radius 2 is 1.73 bits per heavy atom. The van der Waals surface area contributed by atoms with Crippen molar-refractivity contribution in [1.82, 2.24) is 5.06 Å². The van der Waals surface area contributed by atoms with E-state index in [2.05, 4.69) is 10.6 Å². The van der Waals surface area contributed by atoms with Gasteiger partial charge in [0.15, 0.2) is 5.78 Å². The normalized spacial score (nSPS) is 15.1. The third-order valence-corrected chi connectivity index (χ3v) is 6.19. The van der Waals surface area contributed by atoms with E-state index in [4.69, 9.17) is 14.7 Å². The molecule has 3 aromatic rings. The van der Waals surface area contributed by atoms with Gasteiger partial charge in [0.25, 0.3) is 0 Å². The van der Waals surface area contributed by atoms with Gasteiger partial charge in [-0.1, -0.05) is 24.3 Å². The number of amides is 2. The van der Waals surface area contributed by atoms with Crippen LogP contribution in [0.4, 0.5) is 16.2 Å². The number of aryl methyl sites for hydroxylation is 1. The number of carboxylic acid groups (broad SMARTS) is 1. The van der Waals surface area contributed by atoms with Gasteiger partial charge >= 0.3 is 12.0 Å². The lowest BCUT2D eigenvalue weighted by Gasteiger charge is -2.23. The Kier molecular flexibility index (Phi) is 8.05. The van der Waals surface area contributed by atoms with Gasteiger partial charge in [0.2, 0.25) is 0 Å². The van der Waals surface area contributed by atoms with Crippen LogP contribution in [0.25, 0.3) is 0 Å². The van der Waals surface area contributed by atoms with Gasteiger partial charge in [-0.3, -0.25) is 4.79 Å². The number of methoxy groups -OCH3 is 1. The first-order chi connectivity index (χ1) is 17.8. The molecular formula is C28H29N3O6. The molecule has 0 bridgehead atoms. The van der Waals surface area contributed by atoms with Crippen molar-refractivity contribution < 1.29 is 29.1 Å². The molecule has 3 N–H and O–H groups in total. The van der Waals surface area contributed by atoms with Crippen LogP contribution in [-0.2, 0) is 11.2 Å². The fourth-order valence-corrected chi connectivity index (χ4v) is 4.22. The van der Waals surface area contributed by atoms with Gasteiger partial charge in [-0.2, -0.15) is 0 Å². The molecule has 1 aliphatic rings. The Morgan fingerprint density at radius 3 is 2.43 bits per heavy atom. The molecule has 192 valence electrons. The quantitative estimate of drug-likeness (QED) is 0.380. The van der Waals surface area contributed by atoms with Crippen LogP contribution in [0.3, 0.4) is 0 Å². The van der Waals surface area contributed by atoms with Crippen molar-refractivity contribution in [1.29, 1.82) is 0 Å². The van der Waals surface area contributed by atoms with E-state index < -0.39 is 18.0 Å². The topological polar surface area (TPSA) is 117 Å². The van der Waals surface area contributed by atoms with Gasteiger partial charge in [-0.25, -0.2) is 9.59 Å². The van der Waals surface area contributed by atoms with Crippen LogP contribution in [0, 0.1) is 6.92 Å². The molecule has 1 fully saturated rings. The highest BCUT2D eigenvalue weighted by molar-refractivity contribution is 6.01. The number of nitrogens with zero attached hydrogens (tertiary/aromatic N) is 1. The van der Waals surface area contributed by atoms with Gasteiger partial charge in [-0.05, 0) is 73.4 Å². The molecule has 1 saturated heterocycles. The molecule has 2 amide bonds. The van der Waals surface area contributed by atoms with Crippen molar-refractivity contribution in [3.05, 3.63) is 83.4 Å². The number of hydrogen-bond donors (Lipinski definition) is 3.